The highest BCUT2D eigenvalue weighted by Crippen LogP contribution is 2.22. The van der Waals surface area contributed by atoms with Crippen molar-refractivity contribution in [3.05, 3.63) is 69.2 Å². The fourth-order valence-corrected chi connectivity index (χ4v) is 3.34. The molecule has 0 unspecified atom stereocenters. The number of carbonyl (C=O) groups is 2. The van der Waals surface area contributed by atoms with Crippen molar-refractivity contribution in [1.29, 1.82) is 0 Å². The van der Waals surface area contributed by atoms with Gasteiger partial charge in [-0.15, -0.1) is 11.3 Å². The number of aromatic nitrogens is 1. The third kappa shape index (κ3) is 4.45. The monoisotopic (exact) mass is 385 g/mol. The van der Waals surface area contributed by atoms with Crippen LogP contribution in [-0.2, 0) is 16.1 Å². The summed E-state index contributed by atoms with van der Waals surface area (Å²) in [6.45, 7) is -0.107. The standard InChI is InChI=1S/C18H15N3O5S/c1-20(10-16-19-14-4-2-3-5-15(14)27-16)17(22)11-26-18(23)12-6-8-13(9-7-12)21(24)25/h2-9H,10-11H2,1H3. The summed E-state index contributed by atoms with van der Waals surface area (Å²) in [5.41, 5.74) is 0.892. The van der Waals surface area contributed by atoms with Crippen molar-refractivity contribution in [2.75, 3.05) is 13.7 Å². The van der Waals surface area contributed by atoms with E-state index in [1.807, 2.05) is 24.3 Å². The topological polar surface area (TPSA) is 103 Å². The van der Waals surface area contributed by atoms with Gasteiger partial charge in [0.25, 0.3) is 11.6 Å². The molecule has 3 rings (SSSR count). The van der Waals surface area contributed by atoms with E-state index in [0.29, 0.717) is 6.54 Å². The number of thiazole rings is 1. The number of ether oxygens (including phenoxy) is 1. The fourth-order valence-electron chi connectivity index (χ4n) is 2.32. The zero-order valence-electron chi connectivity index (χ0n) is 14.3. The zero-order valence-corrected chi connectivity index (χ0v) is 15.1. The van der Waals surface area contributed by atoms with E-state index in [4.69, 9.17) is 4.74 Å². The molecule has 0 N–H and O–H groups in total. The minimum absolute atomic E-state index is 0.127. The molecule has 0 fully saturated rings. The van der Waals surface area contributed by atoms with Gasteiger partial charge in [0.05, 0.1) is 27.2 Å². The normalized spacial score (nSPS) is 10.6. The molecule has 1 heterocycles. The van der Waals surface area contributed by atoms with Crippen LogP contribution in [0.3, 0.4) is 0 Å². The fraction of sp³-hybridized carbons (Fsp3) is 0.167. The summed E-state index contributed by atoms with van der Waals surface area (Å²) < 4.78 is 6.03. The van der Waals surface area contributed by atoms with Gasteiger partial charge in [-0.2, -0.15) is 0 Å². The summed E-state index contributed by atoms with van der Waals surface area (Å²) >= 11 is 1.50. The van der Waals surface area contributed by atoms with Crippen molar-refractivity contribution in [1.82, 2.24) is 9.88 Å². The number of hydrogen-bond acceptors (Lipinski definition) is 7. The number of hydrogen-bond donors (Lipinski definition) is 0. The van der Waals surface area contributed by atoms with Gasteiger partial charge >= 0.3 is 5.97 Å². The summed E-state index contributed by atoms with van der Waals surface area (Å²) in [7, 11) is 1.61. The van der Waals surface area contributed by atoms with Crippen LogP contribution in [0.25, 0.3) is 10.2 Å². The predicted octanol–water partition coefficient (Wildman–Crippen LogP) is 3.02. The van der Waals surface area contributed by atoms with E-state index < -0.39 is 17.5 Å². The van der Waals surface area contributed by atoms with Crippen molar-refractivity contribution in [3.8, 4) is 0 Å². The summed E-state index contributed by atoms with van der Waals surface area (Å²) in [6, 6.07) is 12.7. The largest absolute Gasteiger partial charge is 0.452 e. The van der Waals surface area contributed by atoms with Gasteiger partial charge in [0.15, 0.2) is 6.61 Å². The zero-order chi connectivity index (χ0) is 19.4. The Balaban J connectivity index is 1.54. The number of benzene rings is 2. The van der Waals surface area contributed by atoms with Gasteiger partial charge in [-0.25, -0.2) is 9.78 Å². The van der Waals surface area contributed by atoms with E-state index >= 15 is 0 Å². The minimum Gasteiger partial charge on any atom is -0.452 e. The second-order valence-corrected chi connectivity index (χ2v) is 6.82. The third-order valence-corrected chi connectivity index (χ3v) is 4.80. The van der Waals surface area contributed by atoms with E-state index in [-0.39, 0.29) is 17.2 Å². The van der Waals surface area contributed by atoms with E-state index in [0.717, 1.165) is 15.2 Å². The van der Waals surface area contributed by atoms with Crippen molar-refractivity contribution in [2.24, 2.45) is 0 Å². The van der Waals surface area contributed by atoms with Crippen molar-refractivity contribution in [2.45, 2.75) is 6.54 Å². The van der Waals surface area contributed by atoms with E-state index in [2.05, 4.69) is 4.98 Å². The predicted molar refractivity (Wildman–Crippen MR) is 99.5 cm³/mol. The number of non-ortho nitro benzene ring substituents is 1. The molecule has 3 aromatic rings. The molecule has 0 radical (unpaired) electrons. The number of amides is 1. The number of carbonyl (C=O) groups excluding carboxylic acids is 2. The molecule has 0 aliphatic heterocycles. The number of esters is 1. The molecule has 0 aliphatic rings. The number of nitro groups is 1. The number of fused-ring (bicyclic) bond motifs is 1. The molecule has 1 aromatic heterocycles. The number of nitro benzene ring substituents is 1. The first-order chi connectivity index (χ1) is 12.9. The Morgan fingerprint density at radius 1 is 1.19 bits per heavy atom. The number of likely N-dealkylation sites (N-methyl/N-ethyl adjacent to an activating group) is 1. The van der Waals surface area contributed by atoms with Crippen LogP contribution in [0.4, 0.5) is 5.69 Å². The van der Waals surface area contributed by atoms with Crippen LogP contribution in [0, 0.1) is 10.1 Å². The molecular weight excluding hydrogens is 370 g/mol. The Morgan fingerprint density at radius 3 is 2.56 bits per heavy atom. The molecule has 27 heavy (non-hydrogen) atoms. The molecule has 0 saturated carbocycles. The molecule has 0 spiro atoms. The lowest BCUT2D eigenvalue weighted by Gasteiger charge is -2.15. The Hall–Kier alpha value is -3.33. The maximum Gasteiger partial charge on any atom is 0.338 e. The second kappa shape index (κ2) is 7.92. The Kier molecular flexibility index (Phi) is 5.41. The maximum absolute atomic E-state index is 12.2. The molecule has 0 bridgehead atoms. The quantitative estimate of drug-likeness (QED) is 0.367. The summed E-state index contributed by atoms with van der Waals surface area (Å²) in [4.78, 5) is 40.1. The van der Waals surface area contributed by atoms with E-state index in [1.54, 1.807) is 7.05 Å². The summed E-state index contributed by atoms with van der Waals surface area (Å²) in [5, 5.41) is 11.4. The average molecular weight is 385 g/mol. The van der Waals surface area contributed by atoms with Crippen LogP contribution < -0.4 is 0 Å². The van der Waals surface area contributed by atoms with Crippen LogP contribution in [0.15, 0.2) is 48.5 Å². The lowest BCUT2D eigenvalue weighted by Crippen LogP contribution is -2.30. The lowest BCUT2D eigenvalue weighted by atomic mass is 10.2. The molecule has 8 nitrogen and oxygen atoms in total. The molecule has 0 saturated heterocycles. The molecule has 2 aromatic carbocycles. The van der Waals surface area contributed by atoms with Gasteiger partial charge in [0.1, 0.15) is 5.01 Å². The van der Waals surface area contributed by atoms with Crippen molar-refractivity contribution >= 4 is 39.1 Å². The smallest absolute Gasteiger partial charge is 0.338 e. The van der Waals surface area contributed by atoms with Crippen molar-refractivity contribution in [3.63, 3.8) is 0 Å². The van der Waals surface area contributed by atoms with Gasteiger partial charge in [0.2, 0.25) is 0 Å². The first-order valence-electron chi connectivity index (χ1n) is 7.94. The molecular formula is C18H15N3O5S. The molecule has 0 aliphatic carbocycles. The van der Waals surface area contributed by atoms with Gasteiger partial charge in [0, 0.05) is 19.2 Å². The van der Waals surface area contributed by atoms with Crippen LogP contribution >= 0.6 is 11.3 Å². The number of nitrogens with zero attached hydrogens (tertiary/aromatic N) is 3. The van der Waals surface area contributed by atoms with E-state index in [9.17, 15) is 19.7 Å². The minimum atomic E-state index is -0.716. The first-order valence-corrected chi connectivity index (χ1v) is 8.75. The van der Waals surface area contributed by atoms with Crippen LogP contribution in [0.5, 0.6) is 0 Å². The van der Waals surface area contributed by atoms with Crippen LogP contribution in [0.2, 0.25) is 0 Å². The SMILES string of the molecule is CN(Cc1nc2ccccc2s1)C(=O)COC(=O)c1ccc([N+](=O)[O-])cc1. The Bertz CT molecular complexity index is 967. The Labute approximate surface area is 158 Å². The van der Waals surface area contributed by atoms with E-state index in [1.165, 1.54) is 40.5 Å². The second-order valence-electron chi connectivity index (χ2n) is 5.71. The molecule has 138 valence electrons. The van der Waals surface area contributed by atoms with Gasteiger partial charge in [-0.1, -0.05) is 12.1 Å². The van der Waals surface area contributed by atoms with Gasteiger partial charge < -0.3 is 9.64 Å². The maximum atomic E-state index is 12.2. The van der Waals surface area contributed by atoms with Crippen LogP contribution in [0.1, 0.15) is 15.4 Å². The number of para-hydroxylation sites is 1. The summed E-state index contributed by atoms with van der Waals surface area (Å²) in [6.07, 6.45) is 0. The van der Waals surface area contributed by atoms with Crippen molar-refractivity contribution < 1.29 is 19.2 Å². The average Bonchev–Trinajstić information content (AvgIpc) is 3.08. The molecule has 1 amide bonds. The van der Waals surface area contributed by atoms with Gasteiger partial charge in [-0.3, -0.25) is 14.9 Å². The third-order valence-electron chi connectivity index (χ3n) is 3.78. The number of rotatable bonds is 6. The highest BCUT2D eigenvalue weighted by atomic mass is 32.1. The highest BCUT2D eigenvalue weighted by molar-refractivity contribution is 7.18. The van der Waals surface area contributed by atoms with Crippen LogP contribution in [-0.4, -0.2) is 40.3 Å². The first kappa shape index (κ1) is 18.5. The molecule has 0 atom stereocenters. The molecule has 9 heteroatoms. The highest BCUT2D eigenvalue weighted by Gasteiger charge is 2.16. The Morgan fingerprint density at radius 2 is 1.89 bits per heavy atom. The van der Waals surface area contributed by atoms with Gasteiger partial charge in [-0.05, 0) is 24.3 Å². The lowest BCUT2D eigenvalue weighted by molar-refractivity contribution is -0.384. The summed E-state index contributed by atoms with van der Waals surface area (Å²) in [5.74, 6) is -1.09.